The van der Waals surface area contributed by atoms with Gasteiger partial charge in [0.25, 0.3) is 5.79 Å². The Kier molecular flexibility index (Phi) is 3.12. The van der Waals surface area contributed by atoms with Crippen LogP contribution >= 0.6 is 12.4 Å². The highest BCUT2D eigenvalue weighted by Crippen LogP contribution is 2.58. The molecule has 25 heavy (non-hydrogen) atoms. The summed E-state index contributed by atoms with van der Waals surface area (Å²) < 4.78 is 5.88. The smallest absolute Gasteiger partial charge is 0.265 e. The predicted octanol–water partition coefficient (Wildman–Crippen LogP) is 2.40. The number of aliphatic hydroxyl groups is 1. The van der Waals surface area contributed by atoms with Crippen LogP contribution in [0.2, 0.25) is 0 Å². The van der Waals surface area contributed by atoms with E-state index in [9.17, 15) is 9.90 Å². The summed E-state index contributed by atoms with van der Waals surface area (Å²) in [6.07, 6.45) is 1.15. The Balaban J connectivity index is 0.00000157. The van der Waals surface area contributed by atoms with Crippen LogP contribution < -0.4 is 16.2 Å². The Morgan fingerprint density at radius 1 is 1.24 bits per heavy atom. The van der Waals surface area contributed by atoms with Gasteiger partial charge in [-0.2, -0.15) is 0 Å². The van der Waals surface area contributed by atoms with Crippen LogP contribution in [0, 0.1) is 5.92 Å². The van der Waals surface area contributed by atoms with E-state index in [-0.39, 0.29) is 18.0 Å². The van der Waals surface area contributed by atoms with Gasteiger partial charge < -0.3 is 21.3 Å². The number of anilines is 1. The topological polar surface area (TPSA) is 98.6 Å². The summed E-state index contributed by atoms with van der Waals surface area (Å²) in [5.41, 5.74) is 13.3. The second kappa shape index (κ2) is 4.75. The van der Waals surface area contributed by atoms with E-state index in [2.05, 4.69) is 6.92 Å². The number of carbonyl (C=O) groups excluding carboxylic acids is 1. The number of hydrogen-bond donors (Lipinski definition) is 3. The van der Waals surface area contributed by atoms with Crippen LogP contribution in [-0.2, 0) is 11.3 Å². The summed E-state index contributed by atoms with van der Waals surface area (Å²) in [6.45, 7) is 2.20. The lowest BCUT2D eigenvalue weighted by Crippen LogP contribution is -2.55. The lowest BCUT2D eigenvalue weighted by Gasteiger charge is -2.29. The van der Waals surface area contributed by atoms with Gasteiger partial charge in [-0.25, -0.2) is 0 Å². The molecule has 5 nitrogen and oxygen atoms in total. The lowest BCUT2D eigenvalue weighted by molar-refractivity contribution is -0.162. The van der Waals surface area contributed by atoms with Crippen molar-refractivity contribution >= 4 is 23.9 Å². The van der Waals surface area contributed by atoms with Crippen molar-refractivity contribution in [3.05, 3.63) is 58.7 Å². The van der Waals surface area contributed by atoms with E-state index >= 15 is 0 Å². The van der Waals surface area contributed by atoms with Crippen LogP contribution in [0.15, 0.2) is 36.4 Å². The quantitative estimate of drug-likeness (QED) is 0.680. The van der Waals surface area contributed by atoms with Gasteiger partial charge in [0.05, 0.1) is 5.56 Å². The third-order valence-corrected chi connectivity index (χ3v) is 5.81. The molecule has 1 fully saturated rings. The van der Waals surface area contributed by atoms with Crippen molar-refractivity contribution in [2.45, 2.75) is 30.6 Å². The van der Waals surface area contributed by atoms with Crippen molar-refractivity contribution in [1.82, 2.24) is 0 Å². The molecular formula is C19H19ClN2O3. The molecule has 0 radical (unpaired) electrons. The van der Waals surface area contributed by atoms with Crippen LogP contribution in [0.25, 0.3) is 0 Å². The molecule has 2 aromatic rings. The summed E-state index contributed by atoms with van der Waals surface area (Å²) in [4.78, 5) is 13.0. The lowest BCUT2D eigenvalue weighted by atomic mass is 9.84. The molecule has 1 heterocycles. The largest absolute Gasteiger partial charge is 0.455 e. The number of benzene rings is 2. The van der Waals surface area contributed by atoms with Crippen molar-refractivity contribution in [3.8, 4) is 5.75 Å². The number of hydrogen-bond acceptors (Lipinski definition) is 5. The molecule has 0 saturated heterocycles. The zero-order valence-corrected chi connectivity index (χ0v) is 14.5. The molecule has 130 valence electrons. The highest BCUT2D eigenvalue weighted by Gasteiger charge is 2.69. The summed E-state index contributed by atoms with van der Waals surface area (Å²) in [5, 5.41) is 11.2. The van der Waals surface area contributed by atoms with Crippen molar-refractivity contribution in [2.75, 3.05) is 5.73 Å². The molecule has 5 N–H and O–H groups in total. The third-order valence-electron chi connectivity index (χ3n) is 5.81. The molecule has 0 aromatic heterocycles. The number of ketones is 1. The van der Waals surface area contributed by atoms with E-state index in [0.717, 1.165) is 12.0 Å². The normalized spacial score (nSPS) is 33.8. The summed E-state index contributed by atoms with van der Waals surface area (Å²) >= 11 is 0. The standard InChI is InChI=1S/C19H18N2O3.ClH/c1-9-7-11(9)10-5-6-12-15(8-10)24-19(23)13-3-2-4-14(20)16(13)17(22)18(12,19)21;/h2-6,8-9,11,23H,7,20-21H2,1H3;1H/t9-,11-,18+,19+;/m0./s1. The molecule has 2 aromatic carbocycles. The monoisotopic (exact) mass is 358 g/mol. The Labute approximate surface area is 151 Å². The zero-order chi connectivity index (χ0) is 16.9. The number of rotatable bonds is 1. The van der Waals surface area contributed by atoms with Crippen molar-refractivity contribution in [1.29, 1.82) is 0 Å². The summed E-state index contributed by atoms with van der Waals surface area (Å²) in [6, 6.07) is 10.7. The van der Waals surface area contributed by atoms with Gasteiger partial charge in [-0.15, -0.1) is 12.4 Å². The van der Waals surface area contributed by atoms with E-state index in [1.54, 1.807) is 18.2 Å². The minimum absolute atomic E-state index is 0. The molecule has 0 unspecified atom stereocenters. The second-order valence-electron chi connectivity index (χ2n) is 7.23. The molecule has 5 rings (SSSR count). The van der Waals surface area contributed by atoms with Crippen molar-refractivity contribution in [3.63, 3.8) is 0 Å². The minimum atomic E-state index is -1.91. The molecule has 2 aliphatic carbocycles. The van der Waals surface area contributed by atoms with Gasteiger partial charge in [-0.05, 0) is 36.0 Å². The zero-order valence-electron chi connectivity index (χ0n) is 13.7. The maximum Gasteiger partial charge on any atom is 0.265 e. The number of halogens is 1. The van der Waals surface area contributed by atoms with E-state index in [1.807, 2.05) is 18.2 Å². The molecule has 1 saturated carbocycles. The first kappa shape index (κ1) is 16.4. The highest BCUT2D eigenvalue weighted by molar-refractivity contribution is 6.13. The average molecular weight is 359 g/mol. The maximum absolute atomic E-state index is 13.0. The Morgan fingerprint density at radius 3 is 2.64 bits per heavy atom. The number of Topliss-reactive ketones (excluding diaryl/α,β-unsaturated/α-hetero) is 1. The molecule has 6 heteroatoms. The van der Waals surface area contributed by atoms with Gasteiger partial charge in [-0.1, -0.05) is 31.2 Å². The number of nitrogens with two attached hydrogens (primary N) is 2. The molecule has 4 atom stereocenters. The maximum atomic E-state index is 13.0. The van der Waals surface area contributed by atoms with Crippen LogP contribution in [0.3, 0.4) is 0 Å². The number of ether oxygens (including phenoxy) is 1. The number of nitrogen functional groups attached to an aromatic ring is 1. The van der Waals surface area contributed by atoms with Crippen LogP contribution in [0.5, 0.6) is 5.75 Å². The van der Waals surface area contributed by atoms with Gasteiger partial charge in [0.1, 0.15) is 5.75 Å². The molecule has 1 aliphatic heterocycles. The molecular weight excluding hydrogens is 340 g/mol. The van der Waals surface area contributed by atoms with Crippen molar-refractivity contribution < 1.29 is 14.6 Å². The molecule has 0 spiro atoms. The Bertz CT molecular complexity index is 931. The van der Waals surface area contributed by atoms with Gasteiger partial charge in [0, 0.05) is 16.8 Å². The minimum Gasteiger partial charge on any atom is -0.455 e. The highest BCUT2D eigenvalue weighted by atomic mass is 35.5. The second-order valence-corrected chi connectivity index (χ2v) is 7.23. The molecule has 0 amide bonds. The van der Waals surface area contributed by atoms with Crippen LogP contribution in [0.4, 0.5) is 5.69 Å². The van der Waals surface area contributed by atoms with Gasteiger partial charge in [-0.3, -0.25) is 4.79 Å². The fourth-order valence-corrected chi connectivity index (χ4v) is 4.24. The summed E-state index contributed by atoms with van der Waals surface area (Å²) in [7, 11) is 0. The first-order valence-electron chi connectivity index (χ1n) is 8.16. The Morgan fingerprint density at radius 2 is 1.96 bits per heavy atom. The number of fused-ring (bicyclic) bond motifs is 5. The predicted molar refractivity (Wildman–Crippen MR) is 95.8 cm³/mol. The van der Waals surface area contributed by atoms with Crippen molar-refractivity contribution in [2.24, 2.45) is 11.7 Å². The van der Waals surface area contributed by atoms with E-state index in [1.165, 1.54) is 0 Å². The first-order valence-corrected chi connectivity index (χ1v) is 8.16. The van der Waals surface area contributed by atoms with Gasteiger partial charge in [0.15, 0.2) is 11.3 Å². The summed E-state index contributed by atoms with van der Waals surface area (Å²) in [5.74, 6) is -0.657. The van der Waals surface area contributed by atoms with Gasteiger partial charge >= 0.3 is 0 Å². The molecule has 0 bridgehead atoms. The van der Waals surface area contributed by atoms with Crippen LogP contribution in [0.1, 0.15) is 46.3 Å². The van der Waals surface area contributed by atoms with Gasteiger partial charge in [0.2, 0.25) is 0 Å². The average Bonchev–Trinajstić information content (AvgIpc) is 3.19. The van der Waals surface area contributed by atoms with Crippen LogP contribution in [-0.4, -0.2) is 10.9 Å². The third kappa shape index (κ3) is 1.73. The fraction of sp³-hybridized carbons (Fsp3) is 0.316. The van der Waals surface area contributed by atoms with E-state index < -0.39 is 17.1 Å². The Hall–Kier alpha value is -2.08. The molecule has 3 aliphatic rings. The number of carbonyl (C=O) groups is 1. The van der Waals surface area contributed by atoms with E-state index in [4.69, 9.17) is 16.2 Å². The first-order chi connectivity index (χ1) is 11.4. The van der Waals surface area contributed by atoms with E-state index in [0.29, 0.717) is 34.4 Å². The SMILES string of the molecule is C[C@H]1C[C@@H]1c1ccc2c(c1)O[C@]1(O)c3cccc(N)c3C(=O)[C@]21N.Cl. The fourth-order valence-electron chi connectivity index (χ4n) is 4.24.